The number of nitrogens with zero attached hydrogens (tertiary/aromatic N) is 1. The smallest absolute Gasteiger partial charge is 0.283 e. The number of nitrogens with one attached hydrogen (secondary N) is 1. The second kappa shape index (κ2) is 5.84. The zero-order valence-corrected chi connectivity index (χ0v) is 12.0. The number of nitro groups is 1. The van der Waals surface area contributed by atoms with E-state index in [1.165, 1.54) is 17.2 Å². The van der Waals surface area contributed by atoms with Gasteiger partial charge in [-0.3, -0.25) is 10.1 Å². The molecule has 98 valence electrons. The molecule has 0 aromatic heterocycles. The molecular formula is C14H13BrN2O2. The van der Waals surface area contributed by atoms with Gasteiger partial charge >= 0.3 is 0 Å². The first kappa shape index (κ1) is 13.5. The summed E-state index contributed by atoms with van der Waals surface area (Å²) in [5.74, 6) is 0. The van der Waals surface area contributed by atoms with Crippen molar-refractivity contribution in [3.63, 3.8) is 0 Å². The molecule has 0 saturated heterocycles. The Kier molecular flexibility index (Phi) is 4.16. The number of hydrogen-bond donors (Lipinski definition) is 1. The van der Waals surface area contributed by atoms with Crippen LogP contribution >= 0.6 is 15.9 Å². The molecule has 0 saturated carbocycles. The molecule has 0 fully saturated rings. The molecule has 2 rings (SSSR count). The van der Waals surface area contributed by atoms with Crippen LogP contribution in [0, 0.1) is 17.0 Å². The van der Waals surface area contributed by atoms with Crippen LogP contribution in [0.15, 0.2) is 46.9 Å². The highest BCUT2D eigenvalue weighted by molar-refractivity contribution is 9.10. The van der Waals surface area contributed by atoms with E-state index in [9.17, 15) is 10.1 Å². The number of aryl methyl sites for hydroxylation is 1. The molecule has 0 bridgehead atoms. The fourth-order valence-electron chi connectivity index (χ4n) is 1.79. The third-order valence-corrected chi connectivity index (χ3v) is 3.36. The van der Waals surface area contributed by atoms with Crippen molar-refractivity contribution >= 4 is 27.3 Å². The number of hydrogen-bond acceptors (Lipinski definition) is 3. The molecule has 0 heterocycles. The molecule has 19 heavy (non-hydrogen) atoms. The summed E-state index contributed by atoms with van der Waals surface area (Å²) in [7, 11) is 0. The van der Waals surface area contributed by atoms with E-state index >= 15 is 0 Å². The summed E-state index contributed by atoms with van der Waals surface area (Å²) in [5, 5.41) is 13.9. The molecule has 0 unspecified atom stereocenters. The van der Waals surface area contributed by atoms with Gasteiger partial charge < -0.3 is 5.32 Å². The van der Waals surface area contributed by atoms with Gasteiger partial charge in [0.2, 0.25) is 0 Å². The molecule has 4 nitrogen and oxygen atoms in total. The van der Waals surface area contributed by atoms with Crippen LogP contribution in [0.4, 0.5) is 11.4 Å². The van der Waals surface area contributed by atoms with Gasteiger partial charge in [-0.2, -0.15) is 0 Å². The zero-order chi connectivity index (χ0) is 13.8. The molecule has 0 aliphatic rings. The van der Waals surface area contributed by atoms with Crippen LogP contribution in [0.25, 0.3) is 0 Å². The topological polar surface area (TPSA) is 55.2 Å². The van der Waals surface area contributed by atoms with Crippen molar-refractivity contribution < 1.29 is 4.92 Å². The van der Waals surface area contributed by atoms with Crippen molar-refractivity contribution in [3.05, 3.63) is 68.2 Å². The van der Waals surface area contributed by atoms with Crippen LogP contribution in [0.5, 0.6) is 0 Å². The van der Waals surface area contributed by atoms with E-state index in [-0.39, 0.29) is 5.69 Å². The van der Waals surface area contributed by atoms with Crippen LogP contribution in [0.3, 0.4) is 0 Å². The monoisotopic (exact) mass is 320 g/mol. The molecule has 0 amide bonds. The van der Waals surface area contributed by atoms with E-state index < -0.39 is 4.92 Å². The predicted molar refractivity (Wildman–Crippen MR) is 79.3 cm³/mol. The first-order chi connectivity index (χ1) is 9.06. The van der Waals surface area contributed by atoms with Gasteiger partial charge in [0.05, 0.1) is 9.40 Å². The van der Waals surface area contributed by atoms with Gasteiger partial charge in [0.1, 0.15) is 0 Å². The summed E-state index contributed by atoms with van der Waals surface area (Å²) in [4.78, 5) is 10.3. The van der Waals surface area contributed by atoms with Crippen LogP contribution in [-0.4, -0.2) is 4.92 Å². The Labute approximate surface area is 119 Å². The minimum atomic E-state index is -0.408. The maximum atomic E-state index is 10.7. The summed E-state index contributed by atoms with van der Waals surface area (Å²) in [6.07, 6.45) is 0. The lowest BCUT2D eigenvalue weighted by atomic mass is 10.1. The van der Waals surface area contributed by atoms with E-state index in [1.54, 1.807) is 12.1 Å². The predicted octanol–water partition coefficient (Wildman–Crippen LogP) is 4.28. The Balaban J connectivity index is 2.08. The van der Waals surface area contributed by atoms with Gasteiger partial charge in [0.15, 0.2) is 0 Å². The summed E-state index contributed by atoms with van der Waals surface area (Å²) < 4.78 is 0.478. The van der Waals surface area contributed by atoms with E-state index in [0.29, 0.717) is 11.0 Å². The Bertz CT molecular complexity index is 614. The lowest BCUT2D eigenvalue weighted by Crippen LogP contribution is -2.00. The van der Waals surface area contributed by atoms with Gasteiger partial charge in [0, 0.05) is 18.3 Å². The summed E-state index contributed by atoms with van der Waals surface area (Å²) >= 11 is 3.20. The van der Waals surface area contributed by atoms with Gasteiger partial charge in [-0.15, -0.1) is 0 Å². The molecule has 2 aromatic rings. The van der Waals surface area contributed by atoms with Gasteiger partial charge in [-0.1, -0.05) is 29.8 Å². The molecule has 0 spiro atoms. The Hall–Kier alpha value is -1.88. The molecule has 1 N–H and O–H groups in total. The average Bonchev–Trinajstić information content (AvgIpc) is 2.36. The van der Waals surface area contributed by atoms with Crippen molar-refractivity contribution in [2.24, 2.45) is 0 Å². The second-order valence-electron chi connectivity index (χ2n) is 4.27. The second-order valence-corrected chi connectivity index (χ2v) is 5.12. The fourth-order valence-corrected chi connectivity index (χ4v) is 2.31. The summed E-state index contributed by atoms with van der Waals surface area (Å²) in [6, 6.07) is 13.1. The largest absolute Gasteiger partial charge is 0.381 e. The Morgan fingerprint density at radius 3 is 2.68 bits per heavy atom. The van der Waals surface area contributed by atoms with Crippen molar-refractivity contribution in [2.75, 3.05) is 5.32 Å². The molecular weight excluding hydrogens is 308 g/mol. The third kappa shape index (κ3) is 3.54. The zero-order valence-electron chi connectivity index (χ0n) is 10.4. The highest BCUT2D eigenvalue weighted by Gasteiger charge is 2.11. The number of benzene rings is 2. The lowest BCUT2D eigenvalue weighted by molar-refractivity contribution is -0.385. The van der Waals surface area contributed by atoms with Crippen LogP contribution in [0.2, 0.25) is 0 Å². The number of nitro benzene ring substituents is 1. The van der Waals surface area contributed by atoms with Crippen LogP contribution in [0.1, 0.15) is 11.1 Å². The van der Waals surface area contributed by atoms with Gasteiger partial charge in [-0.25, -0.2) is 0 Å². The lowest BCUT2D eigenvalue weighted by Gasteiger charge is -2.07. The fraction of sp³-hybridized carbons (Fsp3) is 0.143. The maximum absolute atomic E-state index is 10.7. The van der Waals surface area contributed by atoms with Crippen LogP contribution in [-0.2, 0) is 6.54 Å². The summed E-state index contributed by atoms with van der Waals surface area (Å²) in [5.41, 5.74) is 3.30. The van der Waals surface area contributed by atoms with E-state index in [2.05, 4.69) is 27.3 Å². The molecule has 5 heteroatoms. The van der Waals surface area contributed by atoms with Crippen molar-refractivity contribution in [2.45, 2.75) is 13.5 Å². The number of rotatable bonds is 4. The first-order valence-electron chi connectivity index (χ1n) is 5.79. The van der Waals surface area contributed by atoms with Crippen molar-refractivity contribution in [3.8, 4) is 0 Å². The Morgan fingerprint density at radius 1 is 1.26 bits per heavy atom. The Morgan fingerprint density at radius 2 is 2.05 bits per heavy atom. The van der Waals surface area contributed by atoms with Crippen molar-refractivity contribution in [1.29, 1.82) is 0 Å². The SMILES string of the molecule is Cc1cccc(CNc2ccc([N+](=O)[O-])c(Br)c2)c1. The van der Waals surface area contributed by atoms with E-state index in [4.69, 9.17) is 0 Å². The van der Waals surface area contributed by atoms with Crippen LogP contribution < -0.4 is 5.32 Å². The van der Waals surface area contributed by atoms with Gasteiger partial charge in [-0.05, 0) is 40.5 Å². The number of halogens is 1. The third-order valence-electron chi connectivity index (χ3n) is 2.72. The molecule has 0 aliphatic carbocycles. The average molecular weight is 321 g/mol. The quantitative estimate of drug-likeness (QED) is 0.675. The van der Waals surface area contributed by atoms with Gasteiger partial charge in [0.25, 0.3) is 5.69 Å². The van der Waals surface area contributed by atoms with E-state index in [1.807, 2.05) is 25.1 Å². The van der Waals surface area contributed by atoms with E-state index in [0.717, 1.165) is 5.69 Å². The number of anilines is 1. The molecule has 0 radical (unpaired) electrons. The van der Waals surface area contributed by atoms with Crippen molar-refractivity contribution in [1.82, 2.24) is 0 Å². The molecule has 0 aliphatic heterocycles. The highest BCUT2D eigenvalue weighted by Crippen LogP contribution is 2.27. The molecule has 2 aromatic carbocycles. The first-order valence-corrected chi connectivity index (χ1v) is 6.59. The normalized spacial score (nSPS) is 10.2. The molecule has 0 atom stereocenters. The standard InChI is InChI=1S/C14H13BrN2O2/c1-10-3-2-4-11(7-10)9-16-12-5-6-14(17(18)19)13(15)8-12/h2-8,16H,9H2,1H3. The summed E-state index contributed by atoms with van der Waals surface area (Å²) in [6.45, 7) is 2.73. The highest BCUT2D eigenvalue weighted by atomic mass is 79.9. The minimum absolute atomic E-state index is 0.0705. The maximum Gasteiger partial charge on any atom is 0.283 e. The minimum Gasteiger partial charge on any atom is -0.381 e.